The van der Waals surface area contributed by atoms with Gasteiger partial charge in [-0.2, -0.15) is 0 Å². The van der Waals surface area contributed by atoms with Crippen LogP contribution in [0.3, 0.4) is 0 Å². The van der Waals surface area contributed by atoms with Crippen LogP contribution in [0.5, 0.6) is 5.75 Å². The maximum atomic E-state index is 12.9. The summed E-state index contributed by atoms with van der Waals surface area (Å²) in [5, 5.41) is 11.6. The number of rotatable bonds is 3. The average molecular weight is 426 g/mol. The van der Waals surface area contributed by atoms with Crippen LogP contribution in [0.1, 0.15) is 22.6 Å². The zero-order chi connectivity index (χ0) is 22.4. The predicted molar refractivity (Wildman–Crippen MR) is 120 cm³/mol. The fraction of sp³-hybridized carbons (Fsp3) is 0.120. The van der Waals surface area contributed by atoms with E-state index in [0.717, 1.165) is 5.69 Å². The van der Waals surface area contributed by atoms with Crippen LogP contribution in [0.2, 0.25) is 0 Å². The molecule has 0 spiro atoms. The van der Waals surface area contributed by atoms with E-state index in [-0.39, 0.29) is 23.2 Å². The van der Waals surface area contributed by atoms with E-state index in [0.29, 0.717) is 44.6 Å². The molecule has 0 atom stereocenters. The highest BCUT2D eigenvalue weighted by Gasteiger charge is 2.17. The normalized spacial score (nSPS) is 11.3. The predicted octanol–water partition coefficient (Wildman–Crippen LogP) is 4.27. The van der Waals surface area contributed by atoms with Gasteiger partial charge in [0.2, 0.25) is 0 Å². The van der Waals surface area contributed by atoms with Crippen LogP contribution in [-0.4, -0.2) is 15.1 Å². The first kappa shape index (κ1) is 19.7. The zero-order valence-electron chi connectivity index (χ0n) is 17.4. The quantitative estimate of drug-likeness (QED) is 0.429. The number of aryl methyl sites for hydroxylation is 2. The zero-order valence-corrected chi connectivity index (χ0v) is 17.4. The summed E-state index contributed by atoms with van der Waals surface area (Å²) in [7, 11) is 0. The largest absolute Gasteiger partial charge is 0.508 e. The second-order valence-corrected chi connectivity index (χ2v) is 7.63. The minimum absolute atomic E-state index is 0.0460. The summed E-state index contributed by atoms with van der Waals surface area (Å²) in [6.07, 6.45) is 1.42. The Bertz CT molecular complexity index is 1610. The Morgan fingerprint density at radius 1 is 1.00 bits per heavy atom. The molecule has 0 saturated carbocycles. The number of phenolic OH excluding ortho intramolecular Hbond substituents is 1. The second-order valence-electron chi connectivity index (χ2n) is 7.63. The first-order chi connectivity index (χ1) is 15.4. The van der Waals surface area contributed by atoms with E-state index in [1.807, 2.05) is 6.92 Å². The molecule has 5 aromatic rings. The molecular formula is C25H18N2O5. The second kappa shape index (κ2) is 7.46. The van der Waals surface area contributed by atoms with Crippen molar-refractivity contribution in [3.05, 3.63) is 98.1 Å². The average Bonchev–Trinajstić information content (AvgIpc) is 2.76. The lowest BCUT2D eigenvalue weighted by Crippen LogP contribution is -2.10. The molecule has 2 aromatic carbocycles. The number of aromatic nitrogens is 2. The van der Waals surface area contributed by atoms with Crippen LogP contribution in [0, 0.1) is 13.8 Å². The van der Waals surface area contributed by atoms with Crippen molar-refractivity contribution in [1.82, 2.24) is 9.97 Å². The highest BCUT2D eigenvalue weighted by atomic mass is 16.4. The van der Waals surface area contributed by atoms with E-state index in [1.165, 1.54) is 12.3 Å². The number of hydrogen-bond acceptors (Lipinski definition) is 7. The van der Waals surface area contributed by atoms with E-state index in [9.17, 15) is 14.7 Å². The Morgan fingerprint density at radius 2 is 1.81 bits per heavy atom. The molecule has 32 heavy (non-hydrogen) atoms. The molecule has 158 valence electrons. The molecule has 0 fully saturated rings. The molecule has 0 aliphatic heterocycles. The van der Waals surface area contributed by atoms with Gasteiger partial charge in [-0.15, -0.1) is 0 Å². The van der Waals surface area contributed by atoms with E-state index in [2.05, 4.69) is 9.97 Å². The summed E-state index contributed by atoms with van der Waals surface area (Å²) in [6.45, 7) is 3.58. The third-order valence-electron chi connectivity index (χ3n) is 5.34. The van der Waals surface area contributed by atoms with Gasteiger partial charge in [0.25, 0.3) is 0 Å². The van der Waals surface area contributed by atoms with Gasteiger partial charge in [-0.1, -0.05) is 12.1 Å². The molecule has 0 amide bonds. The Balaban J connectivity index is 1.67. The first-order valence-electron chi connectivity index (χ1n) is 10.0. The number of aromatic hydroxyl groups is 1. The molecule has 0 saturated heterocycles. The van der Waals surface area contributed by atoms with Crippen molar-refractivity contribution < 1.29 is 13.9 Å². The van der Waals surface area contributed by atoms with Crippen LogP contribution in [0.25, 0.3) is 33.2 Å². The minimum atomic E-state index is -0.590. The highest BCUT2D eigenvalue weighted by Crippen LogP contribution is 2.30. The van der Waals surface area contributed by atoms with Crippen molar-refractivity contribution in [2.75, 3.05) is 0 Å². The molecule has 5 rings (SSSR count). The minimum Gasteiger partial charge on any atom is -0.508 e. The smallest absolute Gasteiger partial charge is 0.345 e. The van der Waals surface area contributed by atoms with E-state index in [1.54, 1.807) is 49.4 Å². The van der Waals surface area contributed by atoms with Gasteiger partial charge in [0.1, 0.15) is 22.7 Å². The summed E-state index contributed by atoms with van der Waals surface area (Å²) in [4.78, 5) is 34.3. The number of benzene rings is 2. The Labute approximate surface area is 181 Å². The molecule has 3 aromatic heterocycles. The number of fused-ring (bicyclic) bond motifs is 2. The van der Waals surface area contributed by atoms with Gasteiger partial charge in [0.05, 0.1) is 22.9 Å². The molecule has 0 unspecified atom stereocenters. The lowest BCUT2D eigenvalue weighted by molar-refractivity contribution is 0.466. The summed E-state index contributed by atoms with van der Waals surface area (Å²) >= 11 is 0. The monoisotopic (exact) mass is 426 g/mol. The van der Waals surface area contributed by atoms with E-state index >= 15 is 0 Å². The van der Waals surface area contributed by atoms with Gasteiger partial charge in [-0.3, -0.25) is 4.79 Å². The number of phenols is 1. The molecular weight excluding hydrogens is 408 g/mol. The van der Waals surface area contributed by atoms with Crippen molar-refractivity contribution in [1.29, 1.82) is 0 Å². The summed E-state index contributed by atoms with van der Waals surface area (Å²) < 4.78 is 11.2. The Morgan fingerprint density at radius 3 is 2.62 bits per heavy atom. The number of para-hydroxylation sites is 1. The van der Waals surface area contributed by atoms with Crippen molar-refractivity contribution >= 4 is 21.9 Å². The number of nitrogens with zero attached hydrogens (tertiary/aromatic N) is 2. The van der Waals surface area contributed by atoms with Crippen LogP contribution in [-0.2, 0) is 6.42 Å². The number of hydrogen-bond donors (Lipinski definition) is 1. The lowest BCUT2D eigenvalue weighted by atomic mass is 10.0. The molecule has 0 bridgehead atoms. The SMILES string of the molecule is Cc1cc(-c2cc3ccc(O)c(Cc4coc5ccccc5c4=O)c3oc2=O)nc(C)n1. The lowest BCUT2D eigenvalue weighted by Gasteiger charge is -2.10. The van der Waals surface area contributed by atoms with Gasteiger partial charge in [0, 0.05) is 28.6 Å². The van der Waals surface area contributed by atoms with Crippen LogP contribution >= 0.6 is 0 Å². The molecule has 0 radical (unpaired) electrons. The van der Waals surface area contributed by atoms with Gasteiger partial charge in [-0.05, 0) is 50.2 Å². The van der Waals surface area contributed by atoms with Crippen LogP contribution in [0.15, 0.2) is 73.2 Å². The molecule has 3 heterocycles. The van der Waals surface area contributed by atoms with Crippen molar-refractivity contribution in [2.24, 2.45) is 0 Å². The maximum absolute atomic E-state index is 12.9. The van der Waals surface area contributed by atoms with Crippen molar-refractivity contribution in [2.45, 2.75) is 20.3 Å². The van der Waals surface area contributed by atoms with Gasteiger partial charge < -0.3 is 13.9 Å². The highest BCUT2D eigenvalue weighted by molar-refractivity contribution is 5.86. The fourth-order valence-corrected chi connectivity index (χ4v) is 3.87. The molecule has 0 aliphatic rings. The summed E-state index contributed by atoms with van der Waals surface area (Å²) in [6, 6.07) is 13.5. The van der Waals surface area contributed by atoms with Crippen LogP contribution < -0.4 is 11.1 Å². The van der Waals surface area contributed by atoms with Gasteiger partial charge >= 0.3 is 5.63 Å². The molecule has 0 aliphatic carbocycles. The Kier molecular flexibility index (Phi) is 4.59. The maximum Gasteiger partial charge on any atom is 0.345 e. The van der Waals surface area contributed by atoms with E-state index < -0.39 is 5.63 Å². The fourth-order valence-electron chi connectivity index (χ4n) is 3.87. The van der Waals surface area contributed by atoms with Crippen molar-refractivity contribution in [3.8, 4) is 17.0 Å². The first-order valence-corrected chi connectivity index (χ1v) is 10.0. The molecule has 1 N–H and O–H groups in total. The van der Waals surface area contributed by atoms with E-state index in [4.69, 9.17) is 8.83 Å². The third kappa shape index (κ3) is 3.33. The van der Waals surface area contributed by atoms with Gasteiger partial charge in [-0.25, -0.2) is 14.8 Å². The molecule has 7 heteroatoms. The van der Waals surface area contributed by atoms with Crippen molar-refractivity contribution in [3.63, 3.8) is 0 Å². The third-order valence-corrected chi connectivity index (χ3v) is 5.34. The Hall–Kier alpha value is -4.26. The standard InChI is InChI=1S/C25H18N2O5/c1-13-9-20(27-14(2)26-13)18-10-15-7-8-21(28)19(24(15)32-25(18)30)11-16-12-31-22-6-4-3-5-17(22)23(16)29/h3-10,12,28H,11H2,1-2H3. The molecule has 7 nitrogen and oxygen atoms in total. The summed E-state index contributed by atoms with van der Waals surface area (Å²) in [5.74, 6) is 0.476. The van der Waals surface area contributed by atoms with Crippen LogP contribution in [0.4, 0.5) is 0 Å². The topological polar surface area (TPSA) is 106 Å². The summed E-state index contributed by atoms with van der Waals surface area (Å²) in [5.41, 5.74) is 2.10. The van der Waals surface area contributed by atoms with Gasteiger partial charge in [0.15, 0.2) is 5.43 Å².